The molecule has 0 fully saturated rings. The first-order valence-electron chi connectivity index (χ1n) is 6.93. The summed E-state index contributed by atoms with van der Waals surface area (Å²) >= 11 is 5.79. The standard InChI is InChI=1S/C16H22ClNO4/c1-16(2,3)22-15(21)18-13(10-19)14(20)9-6-11-4-7-12(17)8-5-11/h4-9,13-14,19-20H,10H2,1-3H3,(H,18,21)/b9-6+. The van der Waals surface area contributed by atoms with Gasteiger partial charge in [-0.1, -0.05) is 35.9 Å². The highest BCUT2D eigenvalue weighted by molar-refractivity contribution is 6.30. The normalized spacial score (nSPS) is 14.6. The van der Waals surface area contributed by atoms with E-state index in [4.69, 9.17) is 16.3 Å². The average molecular weight is 328 g/mol. The summed E-state index contributed by atoms with van der Waals surface area (Å²) in [5.41, 5.74) is 0.200. The van der Waals surface area contributed by atoms with Crippen molar-refractivity contribution in [1.82, 2.24) is 5.32 Å². The number of hydrogen-bond acceptors (Lipinski definition) is 4. The maximum Gasteiger partial charge on any atom is 0.408 e. The van der Waals surface area contributed by atoms with Gasteiger partial charge < -0.3 is 20.3 Å². The first kappa shape index (κ1) is 18.5. The fourth-order valence-corrected chi connectivity index (χ4v) is 1.74. The van der Waals surface area contributed by atoms with Gasteiger partial charge in [0.1, 0.15) is 5.60 Å². The van der Waals surface area contributed by atoms with Crippen LogP contribution < -0.4 is 5.32 Å². The van der Waals surface area contributed by atoms with E-state index >= 15 is 0 Å². The summed E-state index contributed by atoms with van der Waals surface area (Å²) in [6, 6.07) is 6.20. The Morgan fingerprint density at radius 2 is 1.95 bits per heavy atom. The van der Waals surface area contributed by atoms with Gasteiger partial charge in [-0.25, -0.2) is 4.79 Å². The molecule has 1 rings (SSSR count). The van der Waals surface area contributed by atoms with E-state index in [1.54, 1.807) is 51.1 Å². The second-order valence-electron chi connectivity index (χ2n) is 5.84. The van der Waals surface area contributed by atoms with Crippen LogP contribution in [0, 0.1) is 0 Å². The summed E-state index contributed by atoms with van der Waals surface area (Å²) in [5.74, 6) is 0. The van der Waals surface area contributed by atoms with E-state index in [0.29, 0.717) is 5.02 Å². The van der Waals surface area contributed by atoms with Crippen LogP contribution in [0.15, 0.2) is 30.3 Å². The van der Waals surface area contributed by atoms with E-state index in [2.05, 4.69) is 5.32 Å². The zero-order valence-corrected chi connectivity index (χ0v) is 13.7. The highest BCUT2D eigenvalue weighted by atomic mass is 35.5. The molecule has 22 heavy (non-hydrogen) atoms. The minimum atomic E-state index is -1.05. The maximum atomic E-state index is 11.6. The lowest BCUT2D eigenvalue weighted by Crippen LogP contribution is -2.46. The third kappa shape index (κ3) is 6.93. The molecule has 0 saturated heterocycles. The molecule has 1 amide bonds. The predicted molar refractivity (Wildman–Crippen MR) is 86.7 cm³/mol. The minimum absolute atomic E-state index is 0.411. The van der Waals surface area contributed by atoms with Crippen molar-refractivity contribution < 1.29 is 19.7 Å². The maximum absolute atomic E-state index is 11.6. The van der Waals surface area contributed by atoms with Crippen LogP contribution in [-0.4, -0.2) is 40.7 Å². The fraction of sp³-hybridized carbons (Fsp3) is 0.438. The molecule has 0 aromatic heterocycles. The van der Waals surface area contributed by atoms with Gasteiger partial charge >= 0.3 is 6.09 Å². The van der Waals surface area contributed by atoms with Gasteiger partial charge in [-0.05, 0) is 38.5 Å². The second kappa shape index (κ2) is 8.17. The van der Waals surface area contributed by atoms with Crippen molar-refractivity contribution in [2.75, 3.05) is 6.61 Å². The molecular formula is C16H22ClNO4. The van der Waals surface area contributed by atoms with Crippen molar-refractivity contribution in [3.8, 4) is 0 Å². The van der Waals surface area contributed by atoms with Gasteiger partial charge in [0.15, 0.2) is 0 Å². The van der Waals surface area contributed by atoms with Crippen LogP contribution in [0.1, 0.15) is 26.3 Å². The summed E-state index contributed by atoms with van der Waals surface area (Å²) in [6.45, 7) is 4.79. The van der Waals surface area contributed by atoms with Crippen LogP contribution in [0.5, 0.6) is 0 Å². The lowest BCUT2D eigenvalue weighted by Gasteiger charge is -2.24. The molecule has 122 valence electrons. The lowest BCUT2D eigenvalue weighted by atomic mass is 10.1. The first-order chi connectivity index (χ1) is 10.2. The molecule has 5 nitrogen and oxygen atoms in total. The molecule has 0 spiro atoms. The van der Waals surface area contributed by atoms with Crippen molar-refractivity contribution in [3.63, 3.8) is 0 Å². The molecule has 0 aliphatic heterocycles. The molecule has 0 aliphatic carbocycles. The quantitative estimate of drug-likeness (QED) is 0.776. The molecule has 0 radical (unpaired) electrons. The van der Waals surface area contributed by atoms with E-state index < -0.39 is 30.4 Å². The SMILES string of the molecule is CC(C)(C)OC(=O)NC(CO)C(O)/C=C/c1ccc(Cl)cc1. The zero-order chi connectivity index (χ0) is 16.8. The Morgan fingerprint density at radius 1 is 1.36 bits per heavy atom. The third-order valence-electron chi connectivity index (χ3n) is 2.67. The molecule has 6 heteroatoms. The van der Waals surface area contributed by atoms with Crippen molar-refractivity contribution >= 4 is 23.8 Å². The van der Waals surface area contributed by atoms with Gasteiger partial charge in [0.05, 0.1) is 18.8 Å². The van der Waals surface area contributed by atoms with Crippen molar-refractivity contribution in [3.05, 3.63) is 40.9 Å². The number of aliphatic hydroxyl groups is 2. The van der Waals surface area contributed by atoms with Gasteiger partial charge in [0.25, 0.3) is 0 Å². The van der Waals surface area contributed by atoms with Crippen LogP contribution in [0.2, 0.25) is 5.02 Å². The molecular weight excluding hydrogens is 306 g/mol. The molecule has 2 atom stereocenters. The number of halogens is 1. The molecule has 0 aliphatic rings. The Kier molecular flexibility index (Phi) is 6.87. The number of amides is 1. The van der Waals surface area contributed by atoms with Gasteiger partial charge in [0, 0.05) is 5.02 Å². The van der Waals surface area contributed by atoms with E-state index in [9.17, 15) is 15.0 Å². The molecule has 1 aromatic carbocycles. The van der Waals surface area contributed by atoms with Gasteiger partial charge in [-0.15, -0.1) is 0 Å². The third-order valence-corrected chi connectivity index (χ3v) is 2.92. The number of ether oxygens (including phenoxy) is 1. The number of nitrogens with one attached hydrogen (secondary N) is 1. The van der Waals surface area contributed by atoms with E-state index in [1.165, 1.54) is 6.08 Å². The monoisotopic (exact) mass is 327 g/mol. The summed E-state index contributed by atoms with van der Waals surface area (Å²) < 4.78 is 5.09. The smallest absolute Gasteiger partial charge is 0.408 e. The number of carbonyl (C=O) groups excluding carboxylic acids is 1. The first-order valence-corrected chi connectivity index (χ1v) is 7.31. The number of alkyl carbamates (subject to hydrolysis) is 1. The Morgan fingerprint density at radius 3 is 2.45 bits per heavy atom. The van der Waals surface area contributed by atoms with Crippen molar-refractivity contribution in [1.29, 1.82) is 0 Å². The molecule has 1 aromatic rings. The van der Waals surface area contributed by atoms with E-state index in [-0.39, 0.29) is 0 Å². The van der Waals surface area contributed by atoms with Crippen LogP contribution >= 0.6 is 11.6 Å². The van der Waals surface area contributed by atoms with E-state index in [0.717, 1.165) is 5.56 Å². The predicted octanol–water partition coefficient (Wildman–Crippen LogP) is 2.60. The largest absolute Gasteiger partial charge is 0.444 e. The highest BCUT2D eigenvalue weighted by Crippen LogP contribution is 2.12. The minimum Gasteiger partial charge on any atom is -0.444 e. The van der Waals surface area contributed by atoms with Crippen LogP contribution in [-0.2, 0) is 4.74 Å². The average Bonchev–Trinajstić information content (AvgIpc) is 2.42. The van der Waals surface area contributed by atoms with Crippen LogP contribution in [0.25, 0.3) is 6.08 Å². The van der Waals surface area contributed by atoms with Crippen molar-refractivity contribution in [2.24, 2.45) is 0 Å². The molecule has 0 bridgehead atoms. The second-order valence-corrected chi connectivity index (χ2v) is 6.27. The number of benzene rings is 1. The Hall–Kier alpha value is -1.56. The zero-order valence-electron chi connectivity index (χ0n) is 12.9. The van der Waals surface area contributed by atoms with Crippen molar-refractivity contribution in [2.45, 2.75) is 38.5 Å². The summed E-state index contributed by atoms with van der Waals surface area (Å²) in [5, 5.41) is 22.4. The summed E-state index contributed by atoms with van der Waals surface area (Å²) in [6.07, 6.45) is 1.43. The summed E-state index contributed by atoms with van der Waals surface area (Å²) in [7, 11) is 0. The summed E-state index contributed by atoms with van der Waals surface area (Å²) in [4.78, 5) is 11.6. The number of carbonyl (C=O) groups is 1. The van der Waals surface area contributed by atoms with Crippen LogP contribution in [0.4, 0.5) is 4.79 Å². The van der Waals surface area contributed by atoms with Crippen LogP contribution in [0.3, 0.4) is 0 Å². The Labute approximate surface area is 135 Å². The molecule has 0 heterocycles. The fourth-order valence-electron chi connectivity index (χ4n) is 1.62. The molecule has 3 N–H and O–H groups in total. The Balaban J connectivity index is 2.62. The lowest BCUT2D eigenvalue weighted by molar-refractivity contribution is 0.0406. The van der Waals surface area contributed by atoms with E-state index in [1.807, 2.05) is 0 Å². The molecule has 2 unspecified atom stereocenters. The van der Waals surface area contributed by atoms with Gasteiger partial charge in [-0.2, -0.15) is 0 Å². The highest BCUT2D eigenvalue weighted by Gasteiger charge is 2.22. The Bertz CT molecular complexity index is 508. The number of hydrogen-bond donors (Lipinski definition) is 3. The number of rotatable bonds is 5. The number of aliphatic hydroxyl groups excluding tert-OH is 2. The molecule has 0 saturated carbocycles. The topological polar surface area (TPSA) is 78.8 Å². The van der Waals surface area contributed by atoms with Gasteiger partial charge in [-0.3, -0.25) is 0 Å². The van der Waals surface area contributed by atoms with Gasteiger partial charge in [0.2, 0.25) is 0 Å².